The lowest BCUT2D eigenvalue weighted by Gasteiger charge is -2.35. The van der Waals surface area contributed by atoms with Gasteiger partial charge in [-0.1, -0.05) is 6.92 Å². The number of carbonyl (C=O) groups excluding carboxylic acids is 1. The summed E-state index contributed by atoms with van der Waals surface area (Å²) in [7, 11) is 0. The predicted molar refractivity (Wildman–Crippen MR) is 72.0 cm³/mol. The molecule has 2 aromatic rings. The highest BCUT2D eigenvalue weighted by molar-refractivity contribution is 5.97. The zero-order chi connectivity index (χ0) is 13.4. The van der Waals surface area contributed by atoms with Gasteiger partial charge >= 0.3 is 5.97 Å². The molecule has 3 atom stereocenters. The van der Waals surface area contributed by atoms with Crippen LogP contribution in [0.4, 0.5) is 0 Å². The van der Waals surface area contributed by atoms with Crippen LogP contribution in [-0.4, -0.2) is 11.0 Å². The van der Waals surface area contributed by atoms with Crippen molar-refractivity contribution < 1.29 is 13.9 Å². The molecule has 5 rings (SSSR count). The number of aromatic nitrogens is 1. The molecular formula is C16H15NO3. The molecule has 0 spiro atoms. The van der Waals surface area contributed by atoms with Gasteiger partial charge in [0.25, 0.3) is 0 Å². The van der Waals surface area contributed by atoms with E-state index in [9.17, 15) is 4.79 Å². The summed E-state index contributed by atoms with van der Waals surface area (Å²) in [4.78, 5) is 16.4. The molecule has 1 aromatic heterocycles. The maximum atomic E-state index is 12.1. The number of ether oxygens (including phenoxy) is 1. The highest BCUT2D eigenvalue weighted by Crippen LogP contribution is 2.57. The van der Waals surface area contributed by atoms with E-state index in [1.807, 2.05) is 0 Å². The average molecular weight is 269 g/mol. The van der Waals surface area contributed by atoms with E-state index in [4.69, 9.17) is 9.15 Å². The summed E-state index contributed by atoms with van der Waals surface area (Å²) in [5.41, 5.74) is 5.35. The minimum atomic E-state index is -0.102. The third-order valence-electron chi connectivity index (χ3n) is 5.34. The molecule has 0 radical (unpaired) electrons. The lowest BCUT2D eigenvalue weighted by atomic mass is 9.67. The van der Waals surface area contributed by atoms with E-state index in [1.54, 1.807) is 0 Å². The van der Waals surface area contributed by atoms with Crippen LogP contribution in [0.15, 0.2) is 10.8 Å². The van der Waals surface area contributed by atoms with Crippen molar-refractivity contribution in [2.24, 2.45) is 0 Å². The first-order valence-electron chi connectivity index (χ1n) is 7.40. The van der Waals surface area contributed by atoms with Crippen LogP contribution < -0.4 is 4.74 Å². The summed E-state index contributed by atoms with van der Waals surface area (Å²) in [6, 6.07) is 0. The van der Waals surface area contributed by atoms with E-state index in [0.717, 1.165) is 29.5 Å². The zero-order valence-corrected chi connectivity index (χ0v) is 11.3. The molecule has 20 heavy (non-hydrogen) atoms. The van der Waals surface area contributed by atoms with Crippen molar-refractivity contribution >= 4 is 17.1 Å². The second-order valence-electron chi connectivity index (χ2n) is 6.33. The van der Waals surface area contributed by atoms with Gasteiger partial charge in [-0.15, -0.1) is 0 Å². The molecule has 102 valence electrons. The van der Waals surface area contributed by atoms with E-state index in [2.05, 4.69) is 11.9 Å². The lowest BCUT2D eigenvalue weighted by molar-refractivity contribution is -0.134. The fourth-order valence-corrected chi connectivity index (χ4v) is 4.44. The molecule has 0 saturated heterocycles. The molecule has 0 bridgehead atoms. The van der Waals surface area contributed by atoms with Crippen LogP contribution in [0.3, 0.4) is 0 Å². The molecule has 2 heterocycles. The fourth-order valence-electron chi connectivity index (χ4n) is 4.44. The quantitative estimate of drug-likeness (QED) is 0.541. The Morgan fingerprint density at radius 2 is 2.00 bits per heavy atom. The molecule has 0 N–H and O–H groups in total. The van der Waals surface area contributed by atoms with Crippen molar-refractivity contribution in [3.05, 3.63) is 23.1 Å². The smallest absolute Gasteiger partial charge is 0.319 e. The molecular weight excluding hydrogens is 254 g/mol. The number of hydrogen-bond donors (Lipinski definition) is 0. The van der Waals surface area contributed by atoms with Crippen molar-refractivity contribution in [2.75, 3.05) is 0 Å². The topological polar surface area (TPSA) is 52.3 Å². The number of benzene rings is 1. The molecule has 3 aliphatic rings. The van der Waals surface area contributed by atoms with E-state index < -0.39 is 0 Å². The van der Waals surface area contributed by atoms with Crippen LogP contribution >= 0.6 is 0 Å². The molecule has 0 amide bonds. The van der Waals surface area contributed by atoms with Gasteiger partial charge in [-0.2, -0.15) is 0 Å². The van der Waals surface area contributed by atoms with Gasteiger partial charge < -0.3 is 9.15 Å². The average Bonchev–Trinajstić information content (AvgIpc) is 3.04. The van der Waals surface area contributed by atoms with E-state index in [0.29, 0.717) is 17.6 Å². The van der Waals surface area contributed by atoms with Crippen LogP contribution in [0.5, 0.6) is 5.75 Å². The minimum absolute atomic E-state index is 0.0681. The molecule has 0 fully saturated rings. The number of rotatable bonds is 0. The normalized spacial score (nSPS) is 30.4. The minimum Gasteiger partial charge on any atom is -0.443 e. The first-order chi connectivity index (χ1) is 9.75. The third kappa shape index (κ3) is 1.10. The lowest BCUT2D eigenvalue weighted by Crippen LogP contribution is -2.22. The standard InChI is InChI=1S/C16H15NO3/c1-7-2-3-8-4-5-9-12-11(8)10(7)14-13(17-6-19-14)15(12)20-16(9)18/h6-9H,2-5H2,1H3. The van der Waals surface area contributed by atoms with E-state index in [1.165, 1.54) is 30.4 Å². The molecule has 4 heteroatoms. The number of esters is 1. The van der Waals surface area contributed by atoms with Crippen molar-refractivity contribution in [1.82, 2.24) is 4.98 Å². The van der Waals surface area contributed by atoms with E-state index >= 15 is 0 Å². The van der Waals surface area contributed by atoms with Crippen LogP contribution in [-0.2, 0) is 4.79 Å². The Balaban J connectivity index is 1.98. The summed E-state index contributed by atoms with van der Waals surface area (Å²) in [6.45, 7) is 2.25. The summed E-state index contributed by atoms with van der Waals surface area (Å²) in [6.07, 6.45) is 5.87. The van der Waals surface area contributed by atoms with Gasteiger partial charge in [-0.3, -0.25) is 4.79 Å². The van der Waals surface area contributed by atoms with Crippen molar-refractivity contribution in [3.8, 4) is 5.75 Å². The predicted octanol–water partition coefficient (Wildman–Crippen LogP) is 3.61. The Morgan fingerprint density at radius 1 is 1.15 bits per heavy atom. The maximum absolute atomic E-state index is 12.1. The zero-order valence-electron chi connectivity index (χ0n) is 11.3. The summed E-state index contributed by atoms with van der Waals surface area (Å²) in [5.74, 6) is 1.55. The number of nitrogens with zero attached hydrogens (tertiary/aromatic N) is 1. The monoisotopic (exact) mass is 269 g/mol. The third-order valence-corrected chi connectivity index (χ3v) is 5.34. The van der Waals surface area contributed by atoms with Crippen molar-refractivity contribution in [2.45, 2.75) is 50.4 Å². The highest BCUT2D eigenvalue weighted by atomic mass is 16.5. The fraction of sp³-hybridized carbons (Fsp3) is 0.500. The van der Waals surface area contributed by atoms with Crippen LogP contribution in [0.2, 0.25) is 0 Å². The first kappa shape index (κ1) is 10.9. The molecule has 0 saturated carbocycles. The van der Waals surface area contributed by atoms with Crippen LogP contribution in [0.25, 0.3) is 11.1 Å². The maximum Gasteiger partial charge on any atom is 0.319 e. The number of carbonyl (C=O) groups is 1. The highest BCUT2D eigenvalue weighted by Gasteiger charge is 2.46. The van der Waals surface area contributed by atoms with Gasteiger partial charge in [-0.05, 0) is 43.1 Å². The summed E-state index contributed by atoms with van der Waals surface area (Å²) < 4.78 is 11.2. The molecule has 1 aliphatic heterocycles. The Kier molecular flexibility index (Phi) is 1.87. The van der Waals surface area contributed by atoms with Crippen LogP contribution in [0.1, 0.15) is 67.1 Å². The first-order valence-corrected chi connectivity index (χ1v) is 7.40. The van der Waals surface area contributed by atoms with Crippen molar-refractivity contribution in [1.29, 1.82) is 0 Å². The summed E-state index contributed by atoms with van der Waals surface area (Å²) in [5, 5.41) is 0. The molecule has 2 aliphatic carbocycles. The van der Waals surface area contributed by atoms with Crippen LogP contribution in [0, 0.1) is 0 Å². The van der Waals surface area contributed by atoms with Gasteiger partial charge in [0, 0.05) is 11.1 Å². The number of hydrogen-bond acceptors (Lipinski definition) is 4. The van der Waals surface area contributed by atoms with E-state index in [-0.39, 0.29) is 11.9 Å². The number of oxazole rings is 1. The second-order valence-corrected chi connectivity index (χ2v) is 6.33. The van der Waals surface area contributed by atoms with Gasteiger partial charge in [-0.25, -0.2) is 4.98 Å². The van der Waals surface area contributed by atoms with Gasteiger partial charge in [0.1, 0.15) is 0 Å². The molecule has 4 nitrogen and oxygen atoms in total. The number of fused-ring (bicyclic) bond motifs is 3. The van der Waals surface area contributed by atoms with Crippen molar-refractivity contribution in [3.63, 3.8) is 0 Å². The van der Waals surface area contributed by atoms with Gasteiger partial charge in [0.15, 0.2) is 23.2 Å². The Labute approximate surface area is 116 Å². The SMILES string of the molecule is CC1CCC2CCC3C(=O)Oc4c3c2c1c1ocnc41. The molecule has 1 aromatic carbocycles. The Morgan fingerprint density at radius 3 is 2.90 bits per heavy atom. The largest absolute Gasteiger partial charge is 0.443 e. The Bertz CT molecular complexity index is 761. The van der Waals surface area contributed by atoms with Gasteiger partial charge in [0.05, 0.1) is 5.92 Å². The van der Waals surface area contributed by atoms with Gasteiger partial charge in [0.2, 0.25) is 0 Å². The Hall–Kier alpha value is -1.84. The summed E-state index contributed by atoms with van der Waals surface area (Å²) >= 11 is 0. The second kappa shape index (κ2) is 3.43. The molecule has 3 unspecified atom stereocenters.